The highest BCUT2D eigenvalue weighted by molar-refractivity contribution is 8.00. The van der Waals surface area contributed by atoms with Gasteiger partial charge in [0.05, 0.1) is 16.4 Å². The number of thioether (sulfide) groups is 1. The first-order valence-electron chi connectivity index (χ1n) is 13.6. The van der Waals surface area contributed by atoms with E-state index in [1.165, 1.54) is 53.4 Å². The molecule has 13 heteroatoms. The normalized spacial score (nSPS) is 11.0. The number of non-ortho nitro benzene ring substituents is 1. The number of nitrogens with one attached hydrogen (secondary N) is 3. The number of carbonyl (C=O) groups excluding carboxylic acids is 3. The summed E-state index contributed by atoms with van der Waals surface area (Å²) >= 11 is 8.82. The summed E-state index contributed by atoms with van der Waals surface area (Å²) in [7, 11) is 0. The zero-order valence-electron chi connectivity index (χ0n) is 23.8. The first-order valence-corrected chi connectivity index (χ1v) is 15.9. The second-order valence-electron chi connectivity index (χ2n) is 9.56. The van der Waals surface area contributed by atoms with Crippen LogP contribution in [-0.4, -0.2) is 33.4 Å². The Morgan fingerprint density at radius 1 is 0.913 bits per heavy atom. The number of anilines is 2. The Kier molecular flexibility index (Phi) is 10.6. The van der Waals surface area contributed by atoms with E-state index < -0.39 is 16.7 Å². The van der Waals surface area contributed by atoms with E-state index in [0.717, 1.165) is 10.5 Å². The van der Waals surface area contributed by atoms with Crippen LogP contribution in [0, 0.1) is 10.1 Å². The van der Waals surface area contributed by atoms with Crippen LogP contribution in [0.4, 0.5) is 16.5 Å². The van der Waals surface area contributed by atoms with Crippen molar-refractivity contribution in [2.75, 3.05) is 16.4 Å². The van der Waals surface area contributed by atoms with Gasteiger partial charge in [-0.2, -0.15) is 0 Å². The van der Waals surface area contributed by atoms with Gasteiger partial charge in [0, 0.05) is 44.2 Å². The first-order chi connectivity index (χ1) is 22.2. The number of nitro benzene ring substituents is 1. The maximum atomic E-state index is 13.4. The molecule has 5 aromatic rings. The number of rotatable bonds is 11. The number of benzene rings is 4. The smallest absolute Gasteiger partial charge is 0.272 e. The number of halogens is 1. The van der Waals surface area contributed by atoms with Crippen LogP contribution >= 0.6 is 34.7 Å². The quantitative estimate of drug-likeness (QED) is 0.0571. The van der Waals surface area contributed by atoms with Crippen molar-refractivity contribution in [3.63, 3.8) is 0 Å². The Labute approximate surface area is 276 Å². The molecule has 1 aromatic heterocycles. The summed E-state index contributed by atoms with van der Waals surface area (Å²) in [6, 6.07) is 28.2. The van der Waals surface area contributed by atoms with E-state index in [-0.39, 0.29) is 23.0 Å². The van der Waals surface area contributed by atoms with Gasteiger partial charge in [-0.3, -0.25) is 24.5 Å². The molecule has 0 saturated carbocycles. The summed E-state index contributed by atoms with van der Waals surface area (Å²) in [5.41, 5.74) is 2.53. The average molecular weight is 670 g/mol. The lowest BCUT2D eigenvalue weighted by Gasteiger charge is -2.12. The van der Waals surface area contributed by atoms with E-state index in [9.17, 15) is 24.5 Å². The largest absolute Gasteiger partial charge is 0.321 e. The molecule has 0 unspecified atom stereocenters. The van der Waals surface area contributed by atoms with E-state index in [1.807, 2.05) is 23.6 Å². The topological polar surface area (TPSA) is 143 Å². The highest BCUT2D eigenvalue weighted by Crippen LogP contribution is 2.30. The number of thiazole rings is 1. The average Bonchev–Trinajstić information content (AvgIpc) is 3.52. The molecule has 3 N–H and O–H groups in total. The van der Waals surface area contributed by atoms with E-state index >= 15 is 0 Å². The number of carbonyl (C=O) groups is 3. The minimum absolute atomic E-state index is 0.0697. The van der Waals surface area contributed by atoms with Crippen molar-refractivity contribution in [3.05, 3.63) is 140 Å². The first kappa shape index (κ1) is 32.1. The van der Waals surface area contributed by atoms with Crippen molar-refractivity contribution in [1.29, 1.82) is 0 Å². The maximum Gasteiger partial charge on any atom is 0.272 e. The predicted octanol–water partition coefficient (Wildman–Crippen LogP) is 7.51. The highest BCUT2D eigenvalue weighted by atomic mass is 35.5. The summed E-state index contributed by atoms with van der Waals surface area (Å²) in [4.78, 5) is 54.6. The lowest BCUT2D eigenvalue weighted by Crippen LogP contribution is -2.30. The van der Waals surface area contributed by atoms with Crippen molar-refractivity contribution < 1.29 is 19.3 Å². The van der Waals surface area contributed by atoms with E-state index in [1.54, 1.807) is 60.7 Å². The number of nitrogens with zero attached hydrogens (tertiary/aromatic N) is 2. The molecular formula is C33H24ClN5O5S2. The lowest BCUT2D eigenvalue weighted by molar-refractivity contribution is -0.384. The summed E-state index contributed by atoms with van der Waals surface area (Å²) in [5, 5.41) is 22.1. The molecule has 0 atom stereocenters. The van der Waals surface area contributed by atoms with Gasteiger partial charge in [0.1, 0.15) is 5.70 Å². The number of hydrogen-bond donors (Lipinski definition) is 3. The Hall–Kier alpha value is -5.30. The number of nitro groups is 1. The van der Waals surface area contributed by atoms with Gasteiger partial charge in [-0.15, -0.1) is 23.1 Å². The lowest BCUT2D eigenvalue weighted by atomic mass is 10.1. The number of aromatic nitrogens is 1. The second kappa shape index (κ2) is 15.1. The number of hydrogen-bond acceptors (Lipinski definition) is 8. The van der Waals surface area contributed by atoms with E-state index in [0.29, 0.717) is 32.7 Å². The van der Waals surface area contributed by atoms with Crippen LogP contribution in [-0.2, 0) is 9.59 Å². The fourth-order valence-electron chi connectivity index (χ4n) is 4.09. The van der Waals surface area contributed by atoms with Crippen molar-refractivity contribution in [2.45, 2.75) is 4.90 Å². The molecule has 0 aliphatic carbocycles. The number of amides is 3. The van der Waals surface area contributed by atoms with Gasteiger partial charge in [-0.05, 0) is 60.2 Å². The Morgan fingerprint density at radius 2 is 1.65 bits per heavy atom. The summed E-state index contributed by atoms with van der Waals surface area (Å²) in [5.74, 6) is -1.27. The van der Waals surface area contributed by atoms with Crippen LogP contribution in [0.15, 0.2) is 119 Å². The highest BCUT2D eigenvalue weighted by Gasteiger charge is 2.16. The van der Waals surface area contributed by atoms with Crippen LogP contribution in [0.3, 0.4) is 0 Å². The SMILES string of the molecule is O=C(CSc1cccc(NC(=O)/C(=C\c2ccc([N+](=O)[O-])cc2)NC(=O)c2ccccc2)c1)Nc1nc(-c2ccccc2Cl)cs1. The van der Waals surface area contributed by atoms with Gasteiger partial charge in [-0.1, -0.05) is 54.1 Å². The molecule has 5 rings (SSSR count). The van der Waals surface area contributed by atoms with Crippen LogP contribution in [0.25, 0.3) is 17.3 Å². The van der Waals surface area contributed by atoms with Crippen LogP contribution in [0.2, 0.25) is 5.02 Å². The molecule has 0 fully saturated rings. The molecule has 4 aromatic carbocycles. The van der Waals surface area contributed by atoms with Gasteiger partial charge in [0.15, 0.2) is 5.13 Å². The third-order valence-corrected chi connectivity index (χ3v) is 8.39. The van der Waals surface area contributed by atoms with Crippen LogP contribution < -0.4 is 16.0 Å². The van der Waals surface area contributed by atoms with Gasteiger partial charge < -0.3 is 16.0 Å². The van der Waals surface area contributed by atoms with Crippen molar-refractivity contribution in [2.24, 2.45) is 0 Å². The minimum atomic E-state index is -0.611. The molecule has 0 bridgehead atoms. The standard InChI is InChI=1S/C33H24ClN5O5S2/c34-27-12-5-4-11-26(27)29-19-46-33(37-29)38-30(40)20-45-25-10-6-9-23(18-25)35-32(42)28(36-31(41)22-7-2-1-3-8-22)17-21-13-15-24(16-14-21)39(43)44/h1-19H,20H2,(H,35,42)(H,36,41)(H,37,38,40)/b28-17+. The van der Waals surface area contributed by atoms with Crippen LogP contribution in [0.1, 0.15) is 15.9 Å². The summed E-state index contributed by atoms with van der Waals surface area (Å²) in [6.07, 6.45) is 1.43. The van der Waals surface area contributed by atoms with E-state index in [4.69, 9.17) is 11.6 Å². The third-order valence-electron chi connectivity index (χ3n) is 6.31. The molecule has 1 heterocycles. The molecule has 46 heavy (non-hydrogen) atoms. The van der Waals surface area contributed by atoms with Gasteiger partial charge >= 0.3 is 0 Å². The zero-order chi connectivity index (χ0) is 32.5. The maximum absolute atomic E-state index is 13.4. The Balaban J connectivity index is 1.24. The van der Waals surface area contributed by atoms with Gasteiger partial charge in [0.25, 0.3) is 17.5 Å². The summed E-state index contributed by atoms with van der Waals surface area (Å²) < 4.78 is 0. The third kappa shape index (κ3) is 8.66. The molecule has 230 valence electrons. The molecule has 0 radical (unpaired) electrons. The molecular weight excluding hydrogens is 646 g/mol. The molecule has 0 saturated heterocycles. The second-order valence-corrected chi connectivity index (χ2v) is 11.9. The van der Waals surface area contributed by atoms with Crippen molar-refractivity contribution in [3.8, 4) is 11.3 Å². The zero-order valence-corrected chi connectivity index (χ0v) is 26.2. The van der Waals surface area contributed by atoms with Gasteiger partial charge in [0.2, 0.25) is 5.91 Å². The Bertz CT molecular complexity index is 1930. The van der Waals surface area contributed by atoms with Crippen molar-refractivity contribution in [1.82, 2.24) is 10.3 Å². The fourth-order valence-corrected chi connectivity index (χ4v) is 5.81. The van der Waals surface area contributed by atoms with Crippen molar-refractivity contribution >= 4 is 75.0 Å². The fraction of sp³-hybridized carbons (Fsp3) is 0.0303. The molecule has 0 spiro atoms. The monoisotopic (exact) mass is 669 g/mol. The van der Waals surface area contributed by atoms with Gasteiger partial charge in [-0.25, -0.2) is 4.98 Å². The molecule has 3 amide bonds. The van der Waals surface area contributed by atoms with E-state index in [2.05, 4.69) is 20.9 Å². The minimum Gasteiger partial charge on any atom is -0.321 e. The molecule has 0 aliphatic rings. The molecule has 10 nitrogen and oxygen atoms in total. The predicted molar refractivity (Wildman–Crippen MR) is 182 cm³/mol. The van der Waals surface area contributed by atoms with Crippen LogP contribution in [0.5, 0.6) is 0 Å². The Morgan fingerprint density at radius 3 is 2.39 bits per heavy atom. The molecule has 0 aliphatic heterocycles. The summed E-state index contributed by atoms with van der Waals surface area (Å²) in [6.45, 7) is 0.